The molecule has 2 amide bonds. The summed E-state index contributed by atoms with van der Waals surface area (Å²) in [5.41, 5.74) is 0.453. The number of halogens is 2. The molecular weight excluding hydrogens is 460 g/mol. The van der Waals surface area contributed by atoms with E-state index in [0.29, 0.717) is 35.6 Å². The molecule has 3 aromatic rings. The molecule has 0 bridgehead atoms. The maximum atomic E-state index is 13.6. The first kappa shape index (κ1) is 24.2. The molecule has 0 aliphatic heterocycles. The minimum Gasteiger partial charge on any atom is -0.338 e. The lowest BCUT2D eigenvalue weighted by molar-refractivity contribution is -0.118. The molecule has 1 aliphatic carbocycles. The number of carbonyl (C=O) groups excluding carboxylic acids is 3. The molecule has 1 fully saturated rings. The van der Waals surface area contributed by atoms with Crippen LogP contribution in [0.15, 0.2) is 22.7 Å². The van der Waals surface area contributed by atoms with Gasteiger partial charge in [-0.2, -0.15) is 4.98 Å². The Morgan fingerprint density at radius 2 is 1.89 bits per heavy atom. The zero-order valence-corrected chi connectivity index (χ0v) is 19.8. The molecule has 11 heteroatoms. The van der Waals surface area contributed by atoms with E-state index in [2.05, 4.69) is 20.8 Å². The van der Waals surface area contributed by atoms with Gasteiger partial charge in [0.25, 0.3) is 23.5 Å². The predicted molar refractivity (Wildman–Crippen MR) is 121 cm³/mol. The SMILES string of the molecule is Cc1noc(C2(NC(=O)C(=O)c3c(C)c(C(=O)Nc4ccc(F)c(C)c4)c(C)n3CCF)CC2)n1. The maximum Gasteiger partial charge on any atom is 0.294 e. The summed E-state index contributed by atoms with van der Waals surface area (Å²) in [7, 11) is 0. The highest BCUT2D eigenvalue weighted by atomic mass is 19.1. The van der Waals surface area contributed by atoms with E-state index in [1.165, 1.54) is 29.7 Å². The molecule has 0 radical (unpaired) electrons. The summed E-state index contributed by atoms with van der Waals surface area (Å²) >= 11 is 0. The third kappa shape index (κ3) is 4.45. The van der Waals surface area contributed by atoms with Crippen LogP contribution in [0.4, 0.5) is 14.5 Å². The Kier molecular flexibility index (Phi) is 6.27. The topological polar surface area (TPSA) is 119 Å². The second-order valence-electron chi connectivity index (χ2n) is 8.70. The first-order valence-corrected chi connectivity index (χ1v) is 11.1. The molecule has 4 rings (SSSR count). The summed E-state index contributed by atoms with van der Waals surface area (Å²) in [6.45, 7) is 5.30. The molecule has 1 aliphatic rings. The van der Waals surface area contributed by atoms with Gasteiger partial charge in [0.1, 0.15) is 18.0 Å². The van der Waals surface area contributed by atoms with Crippen LogP contribution in [-0.2, 0) is 16.9 Å². The van der Waals surface area contributed by atoms with Gasteiger partial charge in [-0.25, -0.2) is 8.78 Å². The van der Waals surface area contributed by atoms with Gasteiger partial charge in [-0.1, -0.05) is 5.16 Å². The van der Waals surface area contributed by atoms with Crippen LogP contribution in [0.5, 0.6) is 0 Å². The van der Waals surface area contributed by atoms with E-state index < -0.39 is 35.6 Å². The molecule has 0 atom stereocenters. The second-order valence-corrected chi connectivity index (χ2v) is 8.70. The van der Waals surface area contributed by atoms with Crippen LogP contribution in [-0.4, -0.2) is 39.0 Å². The monoisotopic (exact) mass is 485 g/mol. The Morgan fingerprint density at radius 3 is 2.46 bits per heavy atom. The molecule has 9 nitrogen and oxygen atoms in total. The molecule has 2 N–H and O–H groups in total. The van der Waals surface area contributed by atoms with Gasteiger partial charge in [-0.15, -0.1) is 0 Å². The van der Waals surface area contributed by atoms with E-state index in [1.54, 1.807) is 20.8 Å². The van der Waals surface area contributed by atoms with Crippen molar-refractivity contribution in [1.29, 1.82) is 0 Å². The van der Waals surface area contributed by atoms with Crippen molar-refractivity contribution in [2.75, 3.05) is 12.0 Å². The fraction of sp³-hybridized carbons (Fsp3) is 0.375. The van der Waals surface area contributed by atoms with Crippen molar-refractivity contribution in [1.82, 2.24) is 20.0 Å². The zero-order valence-electron chi connectivity index (χ0n) is 19.8. The molecule has 0 spiro atoms. The van der Waals surface area contributed by atoms with Crippen LogP contribution < -0.4 is 10.6 Å². The highest BCUT2D eigenvalue weighted by Gasteiger charge is 2.51. The Morgan fingerprint density at radius 1 is 1.17 bits per heavy atom. The maximum absolute atomic E-state index is 13.6. The normalized spacial score (nSPS) is 14.0. The number of aryl methyl sites for hydroxylation is 2. The van der Waals surface area contributed by atoms with Crippen LogP contribution in [0.3, 0.4) is 0 Å². The molecular formula is C24H25F2N5O4. The summed E-state index contributed by atoms with van der Waals surface area (Å²) in [6, 6.07) is 4.12. The highest BCUT2D eigenvalue weighted by Crippen LogP contribution is 2.44. The van der Waals surface area contributed by atoms with Crippen molar-refractivity contribution < 1.29 is 27.7 Å². The largest absolute Gasteiger partial charge is 0.338 e. The van der Waals surface area contributed by atoms with Crippen molar-refractivity contribution in [3.05, 3.63) is 63.8 Å². The third-order valence-corrected chi connectivity index (χ3v) is 6.18. The molecule has 2 heterocycles. The lowest BCUT2D eigenvalue weighted by atomic mass is 10.1. The predicted octanol–water partition coefficient (Wildman–Crippen LogP) is 3.45. The second kappa shape index (κ2) is 9.05. The number of rotatable bonds is 8. The van der Waals surface area contributed by atoms with Gasteiger partial charge in [0.15, 0.2) is 5.82 Å². The Balaban J connectivity index is 1.63. The number of anilines is 1. The Bertz CT molecular complexity index is 1340. The van der Waals surface area contributed by atoms with Gasteiger partial charge in [0.05, 0.1) is 17.8 Å². The molecule has 0 unspecified atom stereocenters. The average molecular weight is 485 g/mol. The number of hydrogen-bond acceptors (Lipinski definition) is 6. The molecule has 1 aromatic carbocycles. The van der Waals surface area contributed by atoms with Gasteiger partial charge in [-0.3, -0.25) is 14.4 Å². The number of nitrogens with one attached hydrogen (secondary N) is 2. The average Bonchev–Trinajstić information content (AvgIpc) is 3.37. The van der Waals surface area contributed by atoms with Crippen molar-refractivity contribution >= 4 is 23.3 Å². The van der Waals surface area contributed by atoms with E-state index in [9.17, 15) is 23.2 Å². The number of hydrogen-bond donors (Lipinski definition) is 2. The number of nitrogens with zero attached hydrogens (tertiary/aromatic N) is 3. The molecule has 35 heavy (non-hydrogen) atoms. The summed E-state index contributed by atoms with van der Waals surface area (Å²) in [6.07, 6.45) is 1.06. The summed E-state index contributed by atoms with van der Waals surface area (Å²) < 4.78 is 33.5. The number of Topliss-reactive ketones (excluding diaryl/α,β-unsaturated/α-hetero) is 1. The standard InChI is InChI=1S/C24H25F2N5O4/c1-12-11-16(5-6-17(12)26)28-21(33)18-13(2)19(31(10-9-25)14(18)3)20(32)22(34)29-24(7-8-24)23-27-15(4)30-35-23/h5-6,11H,7-10H2,1-4H3,(H,28,33)(H,29,34). The third-order valence-electron chi connectivity index (χ3n) is 6.18. The minimum atomic E-state index is -0.917. The Labute approximate surface area is 199 Å². The lowest BCUT2D eigenvalue weighted by Crippen LogP contribution is -2.40. The van der Waals surface area contributed by atoms with Crippen molar-refractivity contribution in [2.24, 2.45) is 0 Å². The van der Waals surface area contributed by atoms with Crippen molar-refractivity contribution in [3.8, 4) is 0 Å². The number of amides is 2. The van der Waals surface area contributed by atoms with Gasteiger partial charge in [0.2, 0.25) is 0 Å². The highest BCUT2D eigenvalue weighted by molar-refractivity contribution is 6.43. The van der Waals surface area contributed by atoms with Crippen molar-refractivity contribution in [2.45, 2.75) is 52.6 Å². The van der Waals surface area contributed by atoms with E-state index in [0.717, 1.165) is 0 Å². The van der Waals surface area contributed by atoms with Crippen molar-refractivity contribution in [3.63, 3.8) is 0 Å². The van der Waals surface area contributed by atoms with Gasteiger partial charge >= 0.3 is 0 Å². The summed E-state index contributed by atoms with van der Waals surface area (Å²) in [5, 5.41) is 9.08. The molecule has 1 saturated carbocycles. The number of alkyl halides is 1. The number of carbonyl (C=O) groups is 3. The van der Waals surface area contributed by atoms with Crippen LogP contribution in [0, 0.1) is 33.5 Å². The zero-order chi connectivity index (χ0) is 25.5. The number of benzene rings is 1. The number of ketones is 1. The quantitative estimate of drug-likeness (QED) is 0.373. The molecule has 0 saturated heterocycles. The van der Waals surface area contributed by atoms with Crippen LogP contribution >= 0.6 is 0 Å². The Hall–Kier alpha value is -3.89. The molecule has 2 aromatic heterocycles. The lowest BCUT2D eigenvalue weighted by Gasteiger charge is -2.14. The van der Waals surface area contributed by atoms with Crippen LogP contribution in [0.1, 0.15) is 62.2 Å². The van der Waals surface area contributed by atoms with Crippen LogP contribution in [0.25, 0.3) is 0 Å². The number of aromatic nitrogens is 3. The molecule has 184 valence electrons. The minimum absolute atomic E-state index is 0.0735. The van der Waals surface area contributed by atoms with E-state index in [4.69, 9.17) is 4.52 Å². The van der Waals surface area contributed by atoms with E-state index in [-0.39, 0.29) is 29.3 Å². The summed E-state index contributed by atoms with van der Waals surface area (Å²) in [5.74, 6) is -2.16. The first-order valence-electron chi connectivity index (χ1n) is 11.1. The smallest absolute Gasteiger partial charge is 0.294 e. The fourth-order valence-corrected chi connectivity index (χ4v) is 4.19. The first-order chi connectivity index (χ1) is 16.6. The summed E-state index contributed by atoms with van der Waals surface area (Å²) in [4.78, 5) is 43.4. The van der Waals surface area contributed by atoms with E-state index >= 15 is 0 Å². The van der Waals surface area contributed by atoms with Gasteiger partial charge in [0, 0.05) is 11.4 Å². The fourth-order valence-electron chi connectivity index (χ4n) is 4.19. The van der Waals surface area contributed by atoms with E-state index in [1.807, 2.05) is 0 Å². The van der Waals surface area contributed by atoms with Gasteiger partial charge in [-0.05, 0) is 69.9 Å². The van der Waals surface area contributed by atoms with Crippen LogP contribution in [0.2, 0.25) is 0 Å². The van der Waals surface area contributed by atoms with Gasteiger partial charge < -0.3 is 19.7 Å².